The third-order valence-electron chi connectivity index (χ3n) is 5.73. The zero-order chi connectivity index (χ0) is 17.2. The summed E-state index contributed by atoms with van der Waals surface area (Å²) in [6.45, 7) is 5.19. The number of sulfonamides is 1. The molecule has 24 heavy (non-hydrogen) atoms. The van der Waals surface area contributed by atoms with Crippen LogP contribution in [0.2, 0.25) is 0 Å². The molecule has 134 valence electrons. The first-order valence-electron chi connectivity index (χ1n) is 8.62. The van der Waals surface area contributed by atoms with E-state index in [1.165, 1.54) is 0 Å². The van der Waals surface area contributed by atoms with Crippen LogP contribution in [0.4, 0.5) is 0 Å². The molecule has 1 spiro atoms. The first-order chi connectivity index (χ1) is 11.5. The van der Waals surface area contributed by atoms with Crippen LogP contribution in [0.15, 0.2) is 29.2 Å². The summed E-state index contributed by atoms with van der Waals surface area (Å²) < 4.78 is 38.6. The molecule has 0 saturated carbocycles. The van der Waals surface area contributed by atoms with Crippen molar-refractivity contribution >= 4 is 10.0 Å². The van der Waals surface area contributed by atoms with Crippen molar-refractivity contribution in [1.82, 2.24) is 4.31 Å². The Morgan fingerprint density at radius 1 is 1.25 bits per heavy atom. The number of methoxy groups -OCH3 is 1. The van der Waals surface area contributed by atoms with Crippen LogP contribution in [0.25, 0.3) is 0 Å². The summed E-state index contributed by atoms with van der Waals surface area (Å²) in [6, 6.07) is 7.22. The minimum Gasteiger partial charge on any atom is -0.384 e. The van der Waals surface area contributed by atoms with Crippen molar-refractivity contribution in [3.63, 3.8) is 0 Å². The molecule has 0 aliphatic carbocycles. The van der Waals surface area contributed by atoms with Crippen LogP contribution in [-0.4, -0.2) is 52.7 Å². The molecular weight excluding hydrogens is 326 g/mol. The zero-order valence-electron chi connectivity index (χ0n) is 14.5. The lowest BCUT2D eigenvalue weighted by Crippen LogP contribution is -2.50. The number of piperidine rings is 1. The van der Waals surface area contributed by atoms with Crippen LogP contribution < -0.4 is 0 Å². The van der Waals surface area contributed by atoms with Gasteiger partial charge in [0.1, 0.15) is 0 Å². The van der Waals surface area contributed by atoms with Gasteiger partial charge in [0.15, 0.2) is 0 Å². The van der Waals surface area contributed by atoms with Gasteiger partial charge < -0.3 is 9.47 Å². The van der Waals surface area contributed by atoms with Gasteiger partial charge in [0.05, 0.1) is 18.1 Å². The Balaban J connectivity index is 1.76. The van der Waals surface area contributed by atoms with Gasteiger partial charge in [-0.15, -0.1) is 0 Å². The monoisotopic (exact) mass is 353 g/mol. The molecule has 2 aliphatic heterocycles. The van der Waals surface area contributed by atoms with Crippen molar-refractivity contribution in [3.05, 3.63) is 29.8 Å². The van der Waals surface area contributed by atoms with E-state index in [4.69, 9.17) is 9.47 Å². The zero-order valence-corrected chi connectivity index (χ0v) is 15.3. The summed E-state index contributed by atoms with van der Waals surface area (Å²) in [5.74, 6) is 0.361. The molecule has 1 aromatic carbocycles. The molecule has 0 unspecified atom stereocenters. The molecule has 2 heterocycles. The van der Waals surface area contributed by atoms with E-state index in [1.807, 2.05) is 19.1 Å². The summed E-state index contributed by atoms with van der Waals surface area (Å²) in [6.07, 6.45) is 2.77. The molecule has 2 fully saturated rings. The SMILES string of the molecule is COC[C@H]1COCCC12CCN(S(=O)(=O)c1ccccc1C)CC2. The van der Waals surface area contributed by atoms with Crippen molar-refractivity contribution in [3.8, 4) is 0 Å². The number of rotatable bonds is 4. The molecule has 2 aliphatic rings. The minimum atomic E-state index is -3.41. The molecule has 0 N–H and O–H groups in total. The van der Waals surface area contributed by atoms with E-state index in [1.54, 1.807) is 23.5 Å². The van der Waals surface area contributed by atoms with E-state index in [0.29, 0.717) is 30.5 Å². The maximum atomic E-state index is 13.0. The third kappa shape index (κ3) is 3.25. The van der Waals surface area contributed by atoms with Crippen molar-refractivity contribution in [2.45, 2.75) is 31.1 Å². The lowest BCUT2D eigenvalue weighted by molar-refractivity contribution is -0.0881. The van der Waals surface area contributed by atoms with Crippen molar-refractivity contribution in [2.24, 2.45) is 11.3 Å². The fourth-order valence-electron chi connectivity index (χ4n) is 4.12. The lowest BCUT2D eigenvalue weighted by atomic mass is 9.66. The first-order valence-corrected chi connectivity index (χ1v) is 10.1. The summed E-state index contributed by atoms with van der Waals surface area (Å²) in [4.78, 5) is 0.432. The van der Waals surface area contributed by atoms with E-state index in [0.717, 1.165) is 38.0 Å². The molecule has 5 nitrogen and oxygen atoms in total. The van der Waals surface area contributed by atoms with Gasteiger partial charge in [0.2, 0.25) is 10.0 Å². The van der Waals surface area contributed by atoms with Gasteiger partial charge in [-0.05, 0) is 43.2 Å². The molecule has 0 bridgehead atoms. The Morgan fingerprint density at radius 3 is 2.62 bits per heavy atom. The summed E-state index contributed by atoms with van der Waals surface area (Å²) in [5, 5.41) is 0. The van der Waals surface area contributed by atoms with Gasteiger partial charge >= 0.3 is 0 Å². The largest absolute Gasteiger partial charge is 0.384 e. The van der Waals surface area contributed by atoms with Crippen LogP contribution in [0, 0.1) is 18.3 Å². The molecule has 1 aromatic rings. The number of nitrogens with zero attached hydrogens (tertiary/aromatic N) is 1. The maximum absolute atomic E-state index is 13.0. The van der Waals surface area contributed by atoms with Gasteiger partial charge in [-0.25, -0.2) is 8.42 Å². The molecule has 3 rings (SSSR count). The maximum Gasteiger partial charge on any atom is 0.243 e. The Labute approximate surface area is 145 Å². The highest BCUT2D eigenvalue weighted by Gasteiger charge is 2.45. The first kappa shape index (κ1) is 17.9. The van der Waals surface area contributed by atoms with E-state index in [-0.39, 0.29) is 5.41 Å². The van der Waals surface area contributed by atoms with Gasteiger partial charge in [0, 0.05) is 32.7 Å². The highest BCUT2D eigenvalue weighted by atomic mass is 32.2. The topological polar surface area (TPSA) is 55.8 Å². The van der Waals surface area contributed by atoms with Crippen LogP contribution in [0.1, 0.15) is 24.8 Å². The Kier molecular flexibility index (Phi) is 5.30. The second-order valence-electron chi connectivity index (χ2n) is 7.01. The molecule has 0 amide bonds. The average Bonchev–Trinajstić information content (AvgIpc) is 2.58. The highest BCUT2D eigenvalue weighted by Crippen LogP contribution is 2.45. The van der Waals surface area contributed by atoms with E-state index < -0.39 is 10.0 Å². The van der Waals surface area contributed by atoms with Crippen molar-refractivity contribution in [2.75, 3.05) is 40.0 Å². The predicted molar refractivity (Wildman–Crippen MR) is 92.4 cm³/mol. The van der Waals surface area contributed by atoms with Gasteiger partial charge in [0.25, 0.3) is 0 Å². The molecule has 2 saturated heterocycles. The molecule has 1 atom stereocenters. The van der Waals surface area contributed by atoms with Gasteiger partial charge in [-0.2, -0.15) is 4.31 Å². The summed E-state index contributed by atoms with van der Waals surface area (Å²) >= 11 is 0. The summed E-state index contributed by atoms with van der Waals surface area (Å²) in [5.41, 5.74) is 0.965. The predicted octanol–water partition coefficient (Wildman–Crippen LogP) is 2.45. The second kappa shape index (κ2) is 7.12. The number of hydrogen-bond acceptors (Lipinski definition) is 4. The van der Waals surface area contributed by atoms with Crippen molar-refractivity contribution in [1.29, 1.82) is 0 Å². The molecular formula is C18H27NO4S. The number of hydrogen-bond donors (Lipinski definition) is 0. The number of benzene rings is 1. The summed E-state index contributed by atoms with van der Waals surface area (Å²) in [7, 11) is -1.68. The molecule has 0 radical (unpaired) electrons. The van der Waals surface area contributed by atoms with Crippen molar-refractivity contribution < 1.29 is 17.9 Å². The standard InChI is InChI=1S/C18H27NO4S/c1-15-5-3-4-6-17(15)24(20,21)19-10-7-18(8-11-19)9-12-23-14-16(18)13-22-2/h3-6,16H,7-14H2,1-2H3/t16-/m0/s1. The van der Waals surface area contributed by atoms with Crippen LogP contribution in [0.3, 0.4) is 0 Å². The Hall–Kier alpha value is -0.950. The van der Waals surface area contributed by atoms with Gasteiger partial charge in [-0.3, -0.25) is 0 Å². The average molecular weight is 353 g/mol. The van der Waals surface area contributed by atoms with Gasteiger partial charge in [-0.1, -0.05) is 18.2 Å². The molecule has 0 aromatic heterocycles. The smallest absolute Gasteiger partial charge is 0.243 e. The van der Waals surface area contributed by atoms with E-state index in [2.05, 4.69) is 0 Å². The van der Waals surface area contributed by atoms with Crippen LogP contribution >= 0.6 is 0 Å². The Bertz CT molecular complexity index is 663. The molecule has 6 heteroatoms. The van der Waals surface area contributed by atoms with E-state index in [9.17, 15) is 8.42 Å². The Morgan fingerprint density at radius 2 is 1.96 bits per heavy atom. The highest BCUT2D eigenvalue weighted by molar-refractivity contribution is 7.89. The minimum absolute atomic E-state index is 0.159. The van der Waals surface area contributed by atoms with Crippen LogP contribution in [-0.2, 0) is 19.5 Å². The van der Waals surface area contributed by atoms with E-state index >= 15 is 0 Å². The fourth-order valence-corrected chi connectivity index (χ4v) is 5.79. The lowest BCUT2D eigenvalue weighted by Gasteiger charge is -2.48. The fraction of sp³-hybridized carbons (Fsp3) is 0.667. The number of aryl methyl sites for hydroxylation is 1. The number of ether oxygens (including phenoxy) is 2. The second-order valence-corrected chi connectivity index (χ2v) is 8.92. The van der Waals surface area contributed by atoms with Crippen LogP contribution in [0.5, 0.6) is 0 Å². The quantitative estimate of drug-likeness (QED) is 0.834. The normalized spacial score (nSPS) is 25.0. The third-order valence-corrected chi connectivity index (χ3v) is 7.79.